The summed E-state index contributed by atoms with van der Waals surface area (Å²) in [6, 6.07) is 12.6. The molecule has 0 fully saturated rings. The summed E-state index contributed by atoms with van der Waals surface area (Å²) in [7, 11) is 3.15. The number of para-hydroxylation sites is 1. The summed E-state index contributed by atoms with van der Waals surface area (Å²) < 4.78 is 10.5. The van der Waals surface area contributed by atoms with Crippen molar-refractivity contribution in [2.24, 2.45) is 5.10 Å². The molecule has 0 saturated heterocycles. The molecule has 1 aliphatic rings. The Morgan fingerprint density at radius 1 is 1.08 bits per heavy atom. The van der Waals surface area contributed by atoms with Crippen LogP contribution >= 0.6 is 11.6 Å². The molecule has 0 saturated carbocycles. The van der Waals surface area contributed by atoms with Crippen LogP contribution in [0.3, 0.4) is 0 Å². The molecule has 0 N–H and O–H groups in total. The first kappa shape index (κ1) is 17.0. The number of amides is 1. The van der Waals surface area contributed by atoms with E-state index in [0.717, 1.165) is 5.56 Å². The van der Waals surface area contributed by atoms with Gasteiger partial charge in [-0.3, -0.25) is 4.79 Å². The summed E-state index contributed by atoms with van der Waals surface area (Å²) in [5.74, 6) is 1.01. The second kappa shape index (κ2) is 6.99. The SMILES string of the molecule is COc1ccc(/C=C2\C(=O)N(c3ccccc3Cl)N=C2C)cc1OC. The molecular weight excluding hydrogens is 340 g/mol. The van der Waals surface area contributed by atoms with Crippen molar-refractivity contribution in [2.45, 2.75) is 6.92 Å². The fraction of sp³-hybridized carbons (Fsp3) is 0.158. The number of nitrogens with zero attached hydrogens (tertiary/aromatic N) is 2. The highest BCUT2D eigenvalue weighted by molar-refractivity contribution is 6.37. The van der Waals surface area contributed by atoms with Crippen molar-refractivity contribution < 1.29 is 14.3 Å². The van der Waals surface area contributed by atoms with Gasteiger partial charge in [-0.15, -0.1) is 0 Å². The van der Waals surface area contributed by atoms with Crippen LogP contribution in [0.15, 0.2) is 53.1 Å². The molecule has 25 heavy (non-hydrogen) atoms. The first-order valence-corrected chi connectivity index (χ1v) is 8.01. The van der Waals surface area contributed by atoms with Crippen LogP contribution in [-0.4, -0.2) is 25.8 Å². The number of hydrazone groups is 1. The van der Waals surface area contributed by atoms with Gasteiger partial charge in [0.25, 0.3) is 5.91 Å². The van der Waals surface area contributed by atoms with E-state index in [1.54, 1.807) is 45.4 Å². The molecule has 0 radical (unpaired) electrons. The largest absolute Gasteiger partial charge is 0.493 e. The topological polar surface area (TPSA) is 51.1 Å². The quantitative estimate of drug-likeness (QED) is 0.773. The van der Waals surface area contributed by atoms with Crippen molar-refractivity contribution in [3.8, 4) is 11.5 Å². The van der Waals surface area contributed by atoms with Gasteiger partial charge >= 0.3 is 0 Å². The summed E-state index contributed by atoms with van der Waals surface area (Å²) >= 11 is 6.19. The number of hydrogen-bond donors (Lipinski definition) is 0. The second-order valence-electron chi connectivity index (χ2n) is 5.43. The first-order valence-electron chi connectivity index (χ1n) is 7.63. The van der Waals surface area contributed by atoms with Gasteiger partial charge in [-0.25, -0.2) is 0 Å². The molecule has 1 aliphatic heterocycles. The number of carbonyl (C=O) groups is 1. The Bertz CT molecular complexity index is 890. The maximum absolute atomic E-state index is 12.8. The number of carbonyl (C=O) groups excluding carboxylic acids is 1. The third-order valence-electron chi connectivity index (χ3n) is 3.86. The Kier molecular flexibility index (Phi) is 4.76. The van der Waals surface area contributed by atoms with E-state index < -0.39 is 0 Å². The number of halogens is 1. The molecule has 0 aliphatic carbocycles. The lowest BCUT2D eigenvalue weighted by Gasteiger charge is -2.13. The molecule has 1 heterocycles. The summed E-state index contributed by atoms with van der Waals surface area (Å²) in [5, 5.41) is 6.14. The number of benzene rings is 2. The Balaban J connectivity index is 1.96. The lowest BCUT2D eigenvalue weighted by Crippen LogP contribution is -2.21. The van der Waals surface area contributed by atoms with Crippen molar-refractivity contribution in [2.75, 3.05) is 19.2 Å². The van der Waals surface area contributed by atoms with Crippen LogP contribution in [0, 0.1) is 0 Å². The number of anilines is 1. The van der Waals surface area contributed by atoms with Crippen molar-refractivity contribution in [3.63, 3.8) is 0 Å². The highest BCUT2D eigenvalue weighted by Gasteiger charge is 2.29. The van der Waals surface area contributed by atoms with Crippen LogP contribution in [0.1, 0.15) is 12.5 Å². The van der Waals surface area contributed by atoms with Crippen molar-refractivity contribution in [1.82, 2.24) is 0 Å². The van der Waals surface area contributed by atoms with Crippen LogP contribution in [-0.2, 0) is 4.79 Å². The van der Waals surface area contributed by atoms with E-state index in [1.165, 1.54) is 5.01 Å². The highest BCUT2D eigenvalue weighted by Crippen LogP contribution is 2.32. The van der Waals surface area contributed by atoms with E-state index in [-0.39, 0.29) is 5.91 Å². The van der Waals surface area contributed by atoms with Crippen LogP contribution < -0.4 is 14.5 Å². The van der Waals surface area contributed by atoms with E-state index in [1.807, 2.05) is 24.3 Å². The molecule has 6 heteroatoms. The normalized spacial score (nSPS) is 15.5. The molecule has 3 rings (SSSR count). The average Bonchev–Trinajstić information content (AvgIpc) is 2.90. The Hall–Kier alpha value is -2.79. The van der Waals surface area contributed by atoms with Gasteiger partial charge < -0.3 is 9.47 Å². The van der Waals surface area contributed by atoms with E-state index in [0.29, 0.717) is 33.5 Å². The summed E-state index contributed by atoms with van der Waals surface area (Å²) in [4.78, 5) is 12.8. The maximum Gasteiger partial charge on any atom is 0.280 e. The lowest BCUT2D eigenvalue weighted by molar-refractivity contribution is -0.114. The van der Waals surface area contributed by atoms with E-state index >= 15 is 0 Å². The smallest absolute Gasteiger partial charge is 0.280 e. The monoisotopic (exact) mass is 356 g/mol. The number of rotatable bonds is 4. The zero-order chi connectivity index (χ0) is 18.0. The van der Waals surface area contributed by atoms with E-state index in [9.17, 15) is 4.79 Å². The van der Waals surface area contributed by atoms with Crippen LogP contribution in [0.25, 0.3) is 6.08 Å². The van der Waals surface area contributed by atoms with Crippen LogP contribution in [0.4, 0.5) is 5.69 Å². The summed E-state index contributed by atoms with van der Waals surface area (Å²) in [6.45, 7) is 1.79. The summed E-state index contributed by atoms with van der Waals surface area (Å²) in [6.07, 6.45) is 1.78. The van der Waals surface area contributed by atoms with Gasteiger partial charge in [0.2, 0.25) is 0 Å². The predicted molar refractivity (Wildman–Crippen MR) is 99.6 cm³/mol. The molecule has 128 valence electrons. The molecule has 0 aromatic heterocycles. The Labute approximate surface area is 151 Å². The zero-order valence-electron chi connectivity index (χ0n) is 14.1. The number of hydrogen-bond acceptors (Lipinski definition) is 4. The molecule has 0 unspecified atom stereocenters. The van der Waals surface area contributed by atoms with Crippen LogP contribution in [0.2, 0.25) is 5.02 Å². The van der Waals surface area contributed by atoms with Gasteiger partial charge in [-0.2, -0.15) is 10.1 Å². The van der Waals surface area contributed by atoms with Gasteiger partial charge in [0.1, 0.15) is 0 Å². The van der Waals surface area contributed by atoms with E-state index in [2.05, 4.69) is 5.10 Å². The number of methoxy groups -OCH3 is 2. The zero-order valence-corrected chi connectivity index (χ0v) is 14.9. The molecule has 0 atom stereocenters. The third kappa shape index (κ3) is 3.23. The molecule has 2 aromatic carbocycles. The molecular formula is C19H17ClN2O3. The minimum Gasteiger partial charge on any atom is -0.493 e. The Morgan fingerprint density at radius 2 is 1.80 bits per heavy atom. The molecule has 2 aromatic rings. The van der Waals surface area contributed by atoms with Gasteiger partial charge in [0.05, 0.1) is 36.2 Å². The van der Waals surface area contributed by atoms with Gasteiger partial charge in [0, 0.05) is 0 Å². The standard InChI is InChI=1S/C19H17ClN2O3/c1-12-14(10-13-8-9-17(24-2)18(11-13)25-3)19(23)22(21-12)16-7-5-4-6-15(16)20/h4-11H,1-3H3/b14-10-. The molecule has 0 bridgehead atoms. The fourth-order valence-electron chi connectivity index (χ4n) is 2.58. The van der Waals surface area contributed by atoms with Crippen molar-refractivity contribution in [3.05, 3.63) is 58.6 Å². The molecule has 5 nitrogen and oxygen atoms in total. The van der Waals surface area contributed by atoms with Crippen molar-refractivity contribution in [1.29, 1.82) is 0 Å². The van der Waals surface area contributed by atoms with Crippen molar-refractivity contribution >= 4 is 35.0 Å². The minimum absolute atomic E-state index is 0.222. The van der Waals surface area contributed by atoms with Gasteiger partial charge in [-0.05, 0) is 42.8 Å². The predicted octanol–water partition coefficient (Wildman–Crippen LogP) is 4.16. The molecule has 0 spiro atoms. The second-order valence-corrected chi connectivity index (χ2v) is 5.83. The molecule has 1 amide bonds. The third-order valence-corrected chi connectivity index (χ3v) is 4.18. The Morgan fingerprint density at radius 3 is 2.48 bits per heavy atom. The number of ether oxygens (including phenoxy) is 2. The average molecular weight is 357 g/mol. The minimum atomic E-state index is -0.222. The van der Waals surface area contributed by atoms with E-state index in [4.69, 9.17) is 21.1 Å². The fourth-order valence-corrected chi connectivity index (χ4v) is 2.80. The first-order chi connectivity index (χ1) is 12.0. The van der Waals surface area contributed by atoms with Crippen LogP contribution in [0.5, 0.6) is 11.5 Å². The van der Waals surface area contributed by atoms with Gasteiger partial charge in [0.15, 0.2) is 11.5 Å². The lowest BCUT2D eigenvalue weighted by atomic mass is 10.1. The summed E-state index contributed by atoms with van der Waals surface area (Å²) in [5.41, 5.74) is 2.51. The highest BCUT2D eigenvalue weighted by atomic mass is 35.5. The van der Waals surface area contributed by atoms with Gasteiger partial charge in [-0.1, -0.05) is 29.8 Å². The maximum atomic E-state index is 12.8.